The van der Waals surface area contributed by atoms with Crippen molar-refractivity contribution in [1.29, 1.82) is 0 Å². The van der Waals surface area contributed by atoms with Gasteiger partial charge in [0.25, 0.3) is 0 Å². The van der Waals surface area contributed by atoms with Gasteiger partial charge in [0.05, 0.1) is 0 Å². The second-order valence-electron chi connectivity index (χ2n) is 7.92. The Morgan fingerprint density at radius 2 is 1.79 bits per heavy atom. The van der Waals surface area contributed by atoms with E-state index in [-0.39, 0.29) is 17.6 Å². The predicted octanol–water partition coefficient (Wildman–Crippen LogP) is 3.98. The Hall–Kier alpha value is -2.40. The highest BCUT2D eigenvalue weighted by Crippen LogP contribution is 2.26. The molecule has 0 atom stereocenters. The van der Waals surface area contributed by atoms with Gasteiger partial charge in [-0.1, -0.05) is 18.2 Å². The lowest BCUT2D eigenvalue weighted by molar-refractivity contribution is -0.126. The minimum atomic E-state index is -0.241. The minimum absolute atomic E-state index is 0.0140. The summed E-state index contributed by atoms with van der Waals surface area (Å²) in [6.07, 6.45) is 1.58. The van der Waals surface area contributed by atoms with Crippen LogP contribution in [0.2, 0.25) is 0 Å². The van der Waals surface area contributed by atoms with Crippen molar-refractivity contribution in [3.8, 4) is 5.75 Å². The third-order valence-corrected chi connectivity index (χ3v) is 5.75. The summed E-state index contributed by atoms with van der Waals surface area (Å²) in [6.45, 7) is 8.47. The molecule has 0 spiro atoms. The van der Waals surface area contributed by atoms with Crippen LogP contribution in [-0.2, 0) is 17.9 Å². The molecule has 1 saturated heterocycles. The van der Waals surface area contributed by atoms with Crippen LogP contribution in [0, 0.1) is 32.5 Å². The number of amides is 1. The standard InChI is InChI=1S/C23H29FN2O2/c1-15-4-5-18(12-21(15)24)13-25-23(28)19-6-8-26(9-7-19)14-20-10-16(2)17(3)11-22(20)27/h4-5,10-12,19,27H,6-9,13-14H2,1-3H3,(H,25,28). The highest BCUT2D eigenvalue weighted by molar-refractivity contribution is 5.78. The Morgan fingerprint density at radius 3 is 2.46 bits per heavy atom. The van der Waals surface area contributed by atoms with Crippen LogP contribution in [0.3, 0.4) is 0 Å². The first kappa shape index (κ1) is 20.3. The average Bonchev–Trinajstić information content (AvgIpc) is 2.67. The second kappa shape index (κ2) is 8.74. The fourth-order valence-corrected chi connectivity index (χ4v) is 3.66. The van der Waals surface area contributed by atoms with Crippen molar-refractivity contribution in [2.75, 3.05) is 13.1 Å². The first-order valence-corrected chi connectivity index (χ1v) is 9.87. The SMILES string of the molecule is Cc1cc(O)c(CN2CCC(C(=O)NCc3ccc(C)c(F)c3)CC2)cc1C. The molecule has 0 bridgehead atoms. The van der Waals surface area contributed by atoms with Crippen molar-refractivity contribution >= 4 is 5.91 Å². The molecule has 2 aromatic rings. The summed E-state index contributed by atoms with van der Waals surface area (Å²) in [7, 11) is 0. The number of nitrogens with one attached hydrogen (secondary N) is 1. The van der Waals surface area contributed by atoms with E-state index < -0.39 is 0 Å². The van der Waals surface area contributed by atoms with E-state index in [1.807, 2.05) is 25.1 Å². The largest absolute Gasteiger partial charge is 0.508 e. The van der Waals surface area contributed by atoms with Crippen LogP contribution < -0.4 is 5.32 Å². The zero-order chi connectivity index (χ0) is 20.3. The fraction of sp³-hybridized carbons (Fsp3) is 0.435. The van der Waals surface area contributed by atoms with E-state index in [1.54, 1.807) is 13.0 Å². The molecule has 2 aromatic carbocycles. The van der Waals surface area contributed by atoms with Crippen molar-refractivity contribution in [3.05, 3.63) is 64.0 Å². The number of aryl methyl sites for hydroxylation is 3. The molecule has 0 unspecified atom stereocenters. The summed E-state index contributed by atoms with van der Waals surface area (Å²) in [5, 5.41) is 13.1. The molecule has 28 heavy (non-hydrogen) atoms. The number of hydrogen-bond donors (Lipinski definition) is 2. The maximum Gasteiger partial charge on any atom is 0.223 e. The van der Waals surface area contributed by atoms with Crippen molar-refractivity contribution in [1.82, 2.24) is 10.2 Å². The number of likely N-dealkylation sites (tertiary alicyclic amines) is 1. The van der Waals surface area contributed by atoms with E-state index in [9.17, 15) is 14.3 Å². The van der Waals surface area contributed by atoms with Crippen LogP contribution in [0.15, 0.2) is 30.3 Å². The Balaban J connectivity index is 1.48. The lowest BCUT2D eigenvalue weighted by atomic mass is 9.95. The Labute approximate surface area is 166 Å². The molecule has 0 aliphatic carbocycles. The van der Waals surface area contributed by atoms with E-state index in [0.717, 1.165) is 42.6 Å². The van der Waals surface area contributed by atoms with E-state index in [2.05, 4.69) is 17.1 Å². The summed E-state index contributed by atoms with van der Waals surface area (Å²) in [4.78, 5) is 14.7. The number of piperidine rings is 1. The fourth-order valence-electron chi connectivity index (χ4n) is 3.66. The van der Waals surface area contributed by atoms with Gasteiger partial charge in [-0.3, -0.25) is 9.69 Å². The minimum Gasteiger partial charge on any atom is -0.508 e. The second-order valence-corrected chi connectivity index (χ2v) is 7.92. The predicted molar refractivity (Wildman–Crippen MR) is 109 cm³/mol. The molecular formula is C23H29FN2O2. The highest BCUT2D eigenvalue weighted by Gasteiger charge is 2.25. The topological polar surface area (TPSA) is 52.6 Å². The molecule has 0 radical (unpaired) electrons. The number of carbonyl (C=O) groups is 1. The van der Waals surface area contributed by atoms with Crippen LogP contribution in [0.1, 0.15) is 40.7 Å². The van der Waals surface area contributed by atoms with Crippen LogP contribution in [0.5, 0.6) is 5.75 Å². The lowest BCUT2D eigenvalue weighted by Crippen LogP contribution is -2.40. The first-order valence-electron chi connectivity index (χ1n) is 9.87. The van der Waals surface area contributed by atoms with E-state index in [0.29, 0.717) is 24.4 Å². The smallest absolute Gasteiger partial charge is 0.223 e. The van der Waals surface area contributed by atoms with Gasteiger partial charge in [0.1, 0.15) is 11.6 Å². The third kappa shape index (κ3) is 4.90. The molecule has 1 heterocycles. The van der Waals surface area contributed by atoms with E-state index in [4.69, 9.17) is 0 Å². The number of carbonyl (C=O) groups excluding carboxylic acids is 1. The van der Waals surface area contributed by atoms with Gasteiger partial charge in [-0.25, -0.2) is 4.39 Å². The molecule has 1 fully saturated rings. The Morgan fingerprint density at radius 1 is 1.11 bits per heavy atom. The normalized spacial score (nSPS) is 15.6. The quantitative estimate of drug-likeness (QED) is 0.820. The molecular weight excluding hydrogens is 355 g/mol. The van der Waals surface area contributed by atoms with Crippen molar-refractivity contribution in [3.63, 3.8) is 0 Å². The molecule has 150 valence electrons. The van der Waals surface area contributed by atoms with Gasteiger partial charge < -0.3 is 10.4 Å². The number of phenols is 1. The van der Waals surface area contributed by atoms with Gasteiger partial charge in [0.15, 0.2) is 0 Å². The summed E-state index contributed by atoms with van der Waals surface area (Å²) in [6, 6.07) is 8.92. The van der Waals surface area contributed by atoms with Crippen LogP contribution in [-0.4, -0.2) is 29.0 Å². The third-order valence-electron chi connectivity index (χ3n) is 5.75. The number of benzene rings is 2. The molecule has 1 aliphatic heterocycles. The molecule has 2 N–H and O–H groups in total. The Bertz CT molecular complexity index is 858. The zero-order valence-corrected chi connectivity index (χ0v) is 16.9. The van der Waals surface area contributed by atoms with Gasteiger partial charge in [-0.2, -0.15) is 0 Å². The van der Waals surface area contributed by atoms with Gasteiger partial charge in [-0.05, 0) is 81.1 Å². The van der Waals surface area contributed by atoms with Crippen molar-refractivity contribution < 1.29 is 14.3 Å². The summed E-state index contributed by atoms with van der Waals surface area (Å²) < 4.78 is 13.6. The van der Waals surface area contributed by atoms with Crippen LogP contribution in [0.4, 0.5) is 4.39 Å². The molecule has 1 aliphatic rings. The average molecular weight is 384 g/mol. The number of hydrogen-bond acceptors (Lipinski definition) is 3. The molecule has 4 nitrogen and oxygen atoms in total. The number of nitrogens with zero attached hydrogens (tertiary/aromatic N) is 1. The van der Waals surface area contributed by atoms with Crippen LogP contribution in [0.25, 0.3) is 0 Å². The number of phenolic OH excluding ortho intramolecular Hbond substituents is 1. The summed E-state index contributed by atoms with van der Waals surface area (Å²) in [5.74, 6) is 0.123. The van der Waals surface area contributed by atoms with Gasteiger partial charge in [0, 0.05) is 24.6 Å². The number of aromatic hydroxyl groups is 1. The summed E-state index contributed by atoms with van der Waals surface area (Å²) >= 11 is 0. The Kier molecular flexibility index (Phi) is 6.35. The van der Waals surface area contributed by atoms with E-state index in [1.165, 1.54) is 11.6 Å². The molecule has 5 heteroatoms. The summed E-state index contributed by atoms with van der Waals surface area (Å²) in [5.41, 5.74) is 4.59. The van der Waals surface area contributed by atoms with Crippen molar-refractivity contribution in [2.24, 2.45) is 5.92 Å². The maximum absolute atomic E-state index is 13.6. The maximum atomic E-state index is 13.6. The van der Waals surface area contributed by atoms with E-state index >= 15 is 0 Å². The van der Waals surface area contributed by atoms with Gasteiger partial charge in [0.2, 0.25) is 5.91 Å². The highest BCUT2D eigenvalue weighted by atomic mass is 19.1. The lowest BCUT2D eigenvalue weighted by Gasteiger charge is -2.31. The molecule has 0 aromatic heterocycles. The zero-order valence-electron chi connectivity index (χ0n) is 16.9. The van der Waals surface area contributed by atoms with Gasteiger partial charge in [-0.15, -0.1) is 0 Å². The van der Waals surface area contributed by atoms with Crippen molar-refractivity contribution in [2.45, 2.75) is 46.7 Å². The number of rotatable bonds is 5. The number of halogens is 1. The van der Waals surface area contributed by atoms with Crippen LogP contribution >= 0.6 is 0 Å². The van der Waals surface area contributed by atoms with Gasteiger partial charge >= 0.3 is 0 Å². The molecule has 1 amide bonds. The first-order chi connectivity index (χ1) is 13.3. The molecule has 3 rings (SSSR count). The molecule has 0 saturated carbocycles. The monoisotopic (exact) mass is 384 g/mol.